The molecule has 0 N–H and O–H groups in total. The molecule has 0 saturated heterocycles. The smallest absolute Gasteiger partial charge is 0.171 e. The Hall–Kier alpha value is -0.470. The zero-order valence-corrected chi connectivity index (χ0v) is 7.12. The molecule has 1 rings (SSSR count). The Labute approximate surface area is 70.5 Å². The highest BCUT2D eigenvalue weighted by molar-refractivity contribution is 5.03. The quantitative estimate of drug-likeness (QED) is 0.539. The van der Waals surface area contributed by atoms with E-state index in [2.05, 4.69) is 6.58 Å². The lowest BCUT2D eigenvalue weighted by atomic mass is 9.90. The SMILES string of the molecule is C=C(C)C1CCCC1C(F)(F)F. The van der Waals surface area contributed by atoms with E-state index in [1.54, 1.807) is 6.92 Å². The molecule has 1 aliphatic carbocycles. The summed E-state index contributed by atoms with van der Waals surface area (Å²) in [4.78, 5) is 0. The van der Waals surface area contributed by atoms with Gasteiger partial charge >= 0.3 is 6.18 Å². The molecule has 12 heavy (non-hydrogen) atoms. The van der Waals surface area contributed by atoms with Gasteiger partial charge in [0.15, 0.2) is 0 Å². The fourth-order valence-electron chi connectivity index (χ4n) is 1.94. The van der Waals surface area contributed by atoms with E-state index in [1.807, 2.05) is 0 Å². The van der Waals surface area contributed by atoms with Crippen LogP contribution in [0.5, 0.6) is 0 Å². The molecule has 1 aliphatic rings. The summed E-state index contributed by atoms with van der Waals surface area (Å²) in [5.41, 5.74) is 0.676. The molecule has 70 valence electrons. The van der Waals surface area contributed by atoms with Crippen molar-refractivity contribution >= 4 is 0 Å². The van der Waals surface area contributed by atoms with E-state index in [4.69, 9.17) is 0 Å². The van der Waals surface area contributed by atoms with Gasteiger partial charge in [0.2, 0.25) is 0 Å². The van der Waals surface area contributed by atoms with Crippen LogP contribution in [0.15, 0.2) is 12.2 Å². The van der Waals surface area contributed by atoms with Crippen molar-refractivity contribution in [2.24, 2.45) is 11.8 Å². The second-order valence-electron chi connectivity index (χ2n) is 3.53. The Morgan fingerprint density at radius 2 is 1.92 bits per heavy atom. The van der Waals surface area contributed by atoms with E-state index >= 15 is 0 Å². The molecule has 0 aromatic rings. The summed E-state index contributed by atoms with van der Waals surface area (Å²) in [7, 11) is 0. The maximum absolute atomic E-state index is 12.3. The number of hydrogen-bond acceptors (Lipinski definition) is 0. The monoisotopic (exact) mass is 178 g/mol. The summed E-state index contributed by atoms with van der Waals surface area (Å²) in [6, 6.07) is 0. The van der Waals surface area contributed by atoms with Gasteiger partial charge in [-0.2, -0.15) is 13.2 Å². The normalized spacial score (nSPS) is 30.7. The van der Waals surface area contributed by atoms with Crippen LogP contribution in [0.3, 0.4) is 0 Å². The maximum Gasteiger partial charge on any atom is 0.392 e. The van der Waals surface area contributed by atoms with Crippen molar-refractivity contribution in [2.75, 3.05) is 0 Å². The topological polar surface area (TPSA) is 0 Å². The number of hydrogen-bond donors (Lipinski definition) is 0. The second kappa shape index (κ2) is 3.11. The second-order valence-corrected chi connectivity index (χ2v) is 3.53. The predicted octanol–water partition coefficient (Wildman–Crippen LogP) is 3.54. The molecular weight excluding hydrogens is 165 g/mol. The van der Waals surface area contributed by atoms with Crippen molar-refractivity contribution in [1.29, 1.82) is 0 Å². The Bertz CT molecular complexity index is 181. The first kappa shape index (κ1) is 9.62. The zero-order chi connectivity index (χ0) is 9.35. The van der Waals surface area contributed by atoms with Gasteiger partial charge in [-0.3, -0.25) is 0 Å². The van der Waals surface area contributed by atoms with Gasteiger partial charge in [-0.25, -0.2) is 0 Å². The van der Waals surface area contributed by atoms with Crippen LogP contribution in [0.4, 0.5) is 13.2 Å². The number of allylic oxidation sites excluding steroid dienone is 1. The van der Waals surface area contributed by atoms with Crippen LogP contribution in [-0.4, -0.2) is 6.18 Å². The summed E-state index contributed by atoms with van der Waals surface area (Å²) in [6.07, 6.45) is -2.41. The highest BCUT2D eigenvalue weighted by Crippen LogP contribution is 2.45. The van der Waals surface area contributed by atoms with E-state index in [0.717, 1.165) is 0 Å². The molecule has 0 amide bonds. The van der Waals surface area contributed by atoms with Crippen LogP contribution >= 0.6 is 0 Å². The maximum atomic E-state index is 12.3. The Morgan fingerprint density at radius 3 is 2.25 bits per heavy atom. The molecule has 0 bridgehead atoms. The zero-order valence-electron chi connectivity index (χ0n) is 7.12. The Morgan fingerprint density at radius 1 is 1.33 bits per heavy atom. The van der Waals surface area contributed by atoms with Crippen molar-refractivity contribution in [3.8, 4) is 0 Å². The van der Waals surface area contributed by atoms with E-state index in [1.165, 1.54) is 0 Å². The fourth-order valence-corrected chi connectivity index (χ4v) is 1.94. The highest BCUT2D eigenvalue weighted by atomic mass is 19.4. The highest BCUT2D eigenvalue weighted by Gasteiger charge is 2.46. The van der Waals surface area contributed by atoms with Crippen LogP contribution in [0, 0.1) is 11.8 Å². The molecule has 1 saturated carbocycles. The van der Waals surface area contributed by atoms with E-state index in [0.29, 0.717) is 18.4 Å². The lowest BCUT2D eigenvalue weighted by molar-refractivity contribution is -0.180. The van der Waals surface area contributed by atoms with Gasteiger partial charge < -0.3 is 0 Å². The van der Waals surface area contributed by atoms with Gasteiger partial charge in [0.25, 0.3) is 0 Å². The average molecular weight is 178 g/mol. The van der Waals surface area contributed by atoms with Gasteiger partial charge in [-0.1, -0.05) is 18.6 Å². The third-order valence-electron chi connectivity index (χ3n) is 2.57. The minimum absolute atomic E-state index is 0.279. The van der Waals surface area contributed by atoms with Crippen molar-refractivity contribution in [2.45, 2.75) is 32.4 Å². The molecule has 0 aromatic heterocycles. The van der Waals surface area contributed by atoms with Crippen molar-refractivity contribution in [3.63, 3.8) is 0 Å². The molecule has 0 aromatic carbocycles. The summed E-state index contributed by atoms with van der Waals surface area (Å²) in [5, 5.41) is 0. The lowest BCUT2D eigenvalue weighted by Gasteiger charge is -2.22. The van der Waals surface area contributed by atoms with E-state index in [-0.39, 0.29) is 12.3 Å². The molecule has 3 heteroatoms. The average Bonchev–Trinajstić information content (AvgIpc) is 2.30. The molecular formula is C9H13F3. The minimum Gasteiger partial charge on any atom is -0.171 e. The number of alkyl halides is 3. The predicted molar refractivity (Wildman–Crippen MR) is 41.7 cm³/mol. The summed E-state index contributed by atoms with van der Waals surface area (Å²) >= 11 is 0. The fraction of sp³-hybridized carbons (Fsp3) is 0.778. The first-order valence-corrected chi connectivity index (χ1v) is 4.15. The molecule has 0 nitrogen and oxygen atoms in total. The minimum atomic E-state index is -4.03. The summed E-state index contributed by atoms with van der Waals surface area (Å²) < 4.78 is 37.0. The third-order valence-corrected chi connectivity index (χ3v) is 2.57. The van der Waals surface area contributed by atoms with Crippen molar-refractivity contribution < 1.29 is 13.2 Å². The first-order chi connectivity index (χ1) is 5.43. The molecule has 2 unspecified atom stereocenters. The molecule has 1 fully saturated rings. The molecule has 0 heterocycles. The first-order valence-electron chi connectivity index (χ1n) is 4.15. The Kier molecular flexibility index (Phi) is 2.49. The summed E-state index contributed by atoms with van der Waals surface area (Å²) in [5.74, 6) is -1.46. The number of rotatable bonds is 1. The van der Waals surface area contributed by atoms with Crippen LogP contribution in [0.25, 0.3) is 0 Å². The van der Waals surface area contributed by atoms with Crippen LogP contribution in [0.2, 0.25) is 0 Å². The van der Waals surface area contributed by atoms with Gasteiger partial charge in [0.05, 0.1) is 5.92 Å². The van der Waals surface area contributed by atoms with Crippen LogP contribution < -0.4 is 0 Å². The Balaban J connectivity index is 2.71. The molecule has 0 radical (unpaired) electrons. The van der Waals surface area contributed by atoms with E-state index < -0.39 is 12.1 Å². The van der Waals surface area contributed by atoms with Crippen molar-refractivity contribution in [1.82, 2.24) is 0 Å². The van der Waals surface area contributed by atoms with E-state index in [9.17, 15) is 13.2 Å². The van der Waals surface area contributed by atoms with Gasteiger partial charge in [0, 0.05) is 0 Å². The standard InChI is InChI=1S/C9H13F3/c1-6(2)7-4-3-5-8(7)9(10,11)12/h7-8H,1,3-5H2,2H3. The third kappa shape index (κ3) is 1.82. The molecule has 2 atom stereocenters. The van der Waals surface area contributed by atoms with Crippen LogP contribution in [-0.2, 0) is 0 Å². The van der Waals surface area contributed by atoms with Gasteiger partial charge in [-0.05, 0) is 25.7 Å². The molecule has 0 aliphatic heterocycles. The van der Waals surface area contributed by atoms with Crippen molar-refractivity contribution in [3.05, 3.63) is 12.2 Å². The van der Waals surface area contributed by atoms with Gasteiger partial charge in [-0.15, -0.1) is 0 Å². The molecule has 0 spiro atoms. The number of halogens is 3. The van der Waals surface area contributed by atoms with Crippen LogP contribution in [0.1, 0.15) is 26.2 Å². The largest absolute Gasteiger partial charge is 0.392 e. The summed E-state index contributed by atoms with van der Waals surface area (Å²) in [6.45, 7) is 5.29. The lowest BCUT2D eigenvalue weighted by Crippen LogP contribution is -2.26. The van der Waals surface area contributed by atoms with Gasteiger partial charge in [0.1, 0.15) is 0 Å².